The van der Waals surface area contributed by atoms with Crippen LogP contribution in [0, 0.1) is 0 Å². The zero-order chi connectivity index (χ0) is 7.49. The zero-order valence-corrected chi connectivity index (χ0v) is 6.41. The molecule has 0 fully saturated rings. The van der Waals surface area contributed by atoms with Gasteiger partial charge in [0.15, 0.2) is 0 Å². The lowest BCUT2D eigenvalue weighted by Gasteiger charge is -1.87. The van der Waals surface area contributed by atoms with Crippen LogP contribution in [-0.4, -0.2) is 18.7 Å². The summed E-state index contributed by atoms with van der Waals surface area (Å²) < 4.78 is 28.1. The lowest BCUT2D eigenvalue weighted by atomic mass is 10.6. The molecule has 0 aromatic heterocycles. The van der Waals surface area contributed by atoms with Crippen LogP contribution in [0.2, 0.25) is 0 Å². The molecule has 0 saturated carbocycles. The summed E-state index contributed by atoms with van der Waals surface area (Å²) in [6.07, 6.45) is 1.22. The Bertz CT molecular complexity index is 200. The van der Waals surface area contributed by atoms with Crippen molar-refractivity contribution in [2.45, 2.75) is 6.92 Å². The molecule has 0 aliphatic carbocycles. The third kappa shape index (κ3) is 7.94. The van der Waals surface area contributed by atoms with Crippen molar-refractivity contribution in [2.75, 3.05) is 5.75 Å². The molecule has 0 aliphatic heterocycles. The Morgan fingerprint density at radius 2 is 2.22 bits per heavy atom. The average Bonchev–Trinajstić information content (AvgIpc) is 1.59. The molecule has 54 valence electrons. The van der Waals surface area contributed by atoms with Gasteiger partial charge in [-0.05, 0) is 6.92 Å². The number of halogens is 1. The summed E-state index contributed by atoms with van der Waals surface area (Å²) in [5.41, 5.74) is 0. The van der Waals surface area contributed by atoms with Gasteiger partial charge in [-0.3, -0.25) is 4.55 Å². The third-order valence-electron chi connectivity index (χ3n) is 0.575. The number of hydrogen-bond acceptors (Lipinski definition) is 2. The monoisotopic (exact) mass is 170 g/mol. The van der Waals surface area contributed by atoms with E-state index in [0.717, 1.165) is 0 Å². The van der Waals surface area contributed by atoms with Crippen LogP contribution in [-0.2, 0) is 10.1 Å². The van der Waals surface area contributed by atoms with Crippen molar-refractivity contribution >= 4 is 21.7 Å². The number of rotatable bonds is 2. The van der Waals surface area contributed by atoms with E-state index in [-0.39, 0.29) is 0 Å². The van der Waals surface area contributed by atoms with Crippen LogP contribution >= 0.6 is 11.6 Å². The van der Waals surface area contributed by atoms with E-state index in [1.165, 1.54) is 13.0 Å². The Labute approximate surface area is 59.1 Å². The van der Waals surface area contributed by atoms with Crippen LogP contribution in [0.1, 0.15) is 6.92 Å². The van der Waals surface area contributed by atoms with Crippen molar-refractivity contribution in [3.63, 3.8) is 0 Å². The number of hydrogen-bond donors (Lipinski definition) is 1. The van der Waals surface area contributed by atoms with Gasteiger partial charge in [-0.2, -0.15) is 8.42 Å². The molecule has 1 N–H and O–H groups in total. The Balaban J connectivity index is 3.95. The maximum atomic E-state index is 9.99. The Morgan fingerprint density at radius 1 is 1.78 bits per heavy atom. The SMILES string of the molecule is C/C(Cl)=C/CS(=O)(=O)O. The van der Waals surface area contributed by atoms with E-state index in [0.29, 0.717) is 5.03 Å². The highest BCUT2D eigenvalue weighted by Gasteiger charge is 1.98. The topological polar surface area (TPSA) is 54.4 Å². The van der Waals surface area contributed by atoms with Gasteiger partial charge >= 0.3 is 0 Å². The van der Waals surface area contributed by atoms with Crippen LogP contribution in [0.3, 0.4) is 0 Å². The molecular formula is C4H7ClO3S. The summed E-state index contributed by atoms with van der Waals surface area (Å²) in [5.74, 6) is -0.414. The van der Waals surface area contributed by atoms with Crippen molar-refractivity contribution in [3.05, 3.63) is 11.1 Å². The fourth-order valence-electron chi connectivity index (χ4n) is 0.220. The maximum absolute atomic E-state index is 9.99. The standard InChI is InChI=1S/C4H7ClO3S/c1-4(5)2-3-9(6,7)8/h2H,3H2,1H3,(H,6,7,8)/b4-2-. The van der Waals surface area contributed by atoms with Crippen molar-refractivity contribution in [1.29, 1.82) is 0 Å². The normalized spacial score (nSPS) is 13.9. The summed E-state index contributed by atoms with van der Waals surface area (Å²) in [6, 6.07) is 0. The summed E-state index contributed by atoms with van der Waals surface area (Å²) in [4.78, 5) is 0. The van der Waals surface area contributed by atoms with E-state index in [1.807, 2.05) is 0 Å². The minimum absolute atomic E-state index is 0.354. The van der Waals surface area contributed by atoms with E-state index < -0.39 is 15.9 Å². The van der Waals surface area contributed by atoms with Gasteiger partial charge in [0.1, 0.15) is 0 Å². The molecule has 9 heavy (non-hydrogen) atoms. The first kappa shape index (κ1) is 8.94. The predicted octanol–water partition coefficient (Wildman–Crippen LogP) is 1.02. The van der Waals surface area contributed by atoms with Crippen molar-refractivity contribution in [1.82, 2.24) is 0 Å². The molecule has 0 bridgehead atoms. The van der Waals surface area contributed by atoms with Gasteiger partial charge in [0.25, 0.3) is 10.1 Å². The van der Waals surface area contributed by atoms with Crippen LogP contribution < -0.4 is 0 Å². The summed E-state index contributed by atoms with van der Waals surface area (Å²) in [6.45, 7) is 1.53. The highest BCUT2D eigenvalue weighted by molar-refractivity contribution is 7.85. The van der Waals surface area contributed by atoms with E-state index in [4.69, 9.17) is 16.2 Å². The first-order valence-corrected chi connectivity index (χ1v) is 4.18. The van der Waals surface area contributed by atoms with Crippen LogP contribution in [0.5, 0.6) is 0 Å². The Morgan fingerprint density at radius 3 is 2.33 bits per heavy atom. The lowest BCUT2D eigenvalue weighted by Crippen LogP contribution is -2.00. The van der Waals surface area contributed by atoms with Gasteiger partial charge in [0.2, 0.25) is 0 Å². The van der Waals surface area contributed by atoms with Crippen LogP contribution in [0.25, 0.3) is 0 Å². The predicted molar refractivity (Wildman–Crippen MR) is 36.0 cm³/mol. The van der Waals surface area contributed by atoms with Gasteiger partial charge in [-0.25, -0.2) is 0 Å². The smallest absolute Gasteiger partial charge is 0.268 e. The van der Waals surface area contributed by atoms with Gasteiger partial charge in [0, 0.05) is 5.03 Å². The molecule has 0 unspecified atom stereocenters. The molecule has 0 heterocycles. The van der Waals surface area contributed by atoms with E-state index in [2.05, 4.69) is 0 Å². The molecule has 0 aromatic carbocycles. The summed E-state index contributed by atoms with van der Waals surface area (Å²) in [5, 5.41) is 0.354. The molecule has 5 heteroatoms. The van der Waals surface area contributed by atoms with Gasteiger partial charge in [0.05, 0.1) is 5.75 Å². The second-order valence-electron chi connectivity index (χ2n) is 1.54. The first-order valence-electron chi connectivity index (χ1n) is 2.19. The highest BCUT2D eigenvalue weighted by Crippen LogP contribution is 1.98. The fourth-order valence-corrected chi connectivity index (χ4v) is 0.849. The minimum atomic E-state index is -3.88. The van der Waals surface area contributed by atoms with Crippen LogP contribution in [0.15, 0.2) is 11.1 Å². The molecule has 0 aromatic rings. The largest absolute Gasteiger partial charge is 0.285 e. The summed E-state index contributed by atoms with van der Waals surface area (Å²) in [7, 11) is -3.88. The van der Waals surface area contributed by atoms with Crippen molar-refractivity contribution in [2.24, 2.45) is 0 Å². The minimum Gasteiger partial charge on any atom is -0.285 e. The number of allylic oxidation sites excluding steroid dienone is 1. The molecule has 3 nitrogen and oxygen atoms in total. The molecular weight excluding hydrogens is 164 g/mol. The fraction of sp³-hybridized carbons (Fsp3) is 0.500. The quantitative estimate of drug-likeness (QED) is 0.630. The molecule has 0 radical (unpaired) electrons. The molecule has 0 amide bonds. The van der Waals surface area contributed by atoms with Gasteiger partial charge in [-0.15, -0.1) is 0 Å². The Hall–Kier alpha value is -0.0600. The molecule has 0 atom stereocenters. The molecule has 0 aliphatic rings. The van der Waals surface area contributed by atoms with Crippen molar-refractivity contribution < 1.29 is 13.0 Å². The first-order chi connectivity index (χ1) is 3.92. The van der Waals surface area contributed by atoms with E-state index in [1.54, 1.807) is 0 Å². The van der Waals surface area contributed by atoms with Gasteiger partial charge in [-0.1, -0.05) is 17.7 Å². The van der Waals surface area contributed by atoms with E-state index in [9.17, 15) is 8.42 Å². The van der Waals surface area contributed by atoms with Crippen LogP contribution in [0.4, 0.5) is 0 Å². The summed E-state index contributed by atoms with van der Waals surface area (Å²) >= 11 is 5.27. The Kier molecular flexibility index (Phi) is 3.17. The third-order valence-corrected chi connectivity index (χ3v) is 1.32. The average molecular weight is 171 g/mol. The second kappa shape index (κ2) is 3.20. The molecule has 0 rings (SSSR count). The second-order valence-corrected chi connectivity index (χ2v) is 3.63. The maximum Gasteiger partial charge on any atom is 0.268 e. The van der Waals surface area contributed by atoms with E-state index >= 15 is 0 Å². The molecule has 0 spiro atoms. The van der Waals surface area contributed by atoms with Gasteiger partial charge < -0.3 is 0 Å². The van der Waals surface area contributed by atoms with Crippen molar-refractivity contribution in [3.8, 4) is 0 Å². The molecule has 0 saturated heterocycles. The highest BCUT2D eigenvalue weighted by atomic mass is 35.5. The zero-order valence-electron chi connectivity index (χ0n) is 4.83. The lowest BCUT2D eigenvalue weighted by molar-refractivity contribution is 0.486.